The van der Waals surface area contributed by atoms with Crippen molar-refractivity contribution in [3.05, 3.63) is 76.8 Å². The highest BCUT2D eigenvalue weighted by Gasteiger charge is 2.16. The summed E-state index contributed by atoms with van der Waals surface area (Å²) < 4.78 is 18.8. The topological polar surface area (TPSA) is 55.0 Å². The molecule has 0 saturated carbocycles. The molecule has 0 fully saturated rings. The molecule has 4 nitrogen and oxygen atoms in total. The van der Waals surface area contributed by atoms with E-state index in [1.807, 2.05) is 30.3 Å². The molecule has 25 heavy (non-hydrogen) atoms. The van der Waals surface area contributed by atoms with E-state index in [1.165, 1.54) is 12.1 Å². The number of hydrogen-bond acceptors (Lipinski definition) is 3. The van der Waals surface area contributed by atoms with E-state index in [1.54, 1.807) is 12.1 Å². The minimum Gasteiger partial charge on any atom is -0.456 e. The van der Waals surface area contributed by atoms with Gasteiger partial charge in [0, 0.05) is 16.3 Å². The third kappa shape index (κ3) is 2.94. The number of rotatable bonds is 3. The van der Waals surface area contributed by atoms with Gasteiger partial charge in [0.25, 0.3) is 0 Å². The quantitative estimate of drug-likeness (QED) is 0.422. The molecule has 0 atom stereocenters. The number of fused-ring (bicyclic) bond motifs is 3. The van der Waals surface area contributed by atoms with Crippen LogP contribution in [0.1, 0.15) is 16.1 Å². The number of H-pyrrole nitrogens is 1. The van der Waals surface area contributed by atoms with E-state index in [4.69, 9.17) is 16.3 Å². The van der Waals surface area contributed by atoms with Gasteiger partial charge >= 0.3 is 5.97 Å². The van der Waals surface area contributed by atoms with Crippen LogP contribution in [0, 0.1) is 5.82 Å². The summed E-state index contributed by atoms with van der Waals surface area (Å²) in [6.45, 7) is 0.138. The number of esters is 1. The maximum Gasteiger partial charge on any atom is 0.357 e. The summed E-state index contributed by atoms with van der Waals surface area (Å²) >= 11 is 6.19. The van der Waals surface area contributed by atoms with Gasteiger partial charge in [-0.3, -0.25) is 0 Å². The first-order chi connectivity index (χ1) is 12.1. The van der Waals surface area contributed by atoms with Gasteiger partial charge in [-0.15, -0.1) is 0 Å². The van der Waals surface area contributed by atoms with Crippen molar-refractivity contribution >= 4 is 39.4 Å². The molecule has 124 valence electrons. The highest BCUT2D eigenvalue weighted by molar-refractivity contribution is 6.35. The Hall–Kier alpha value is -2.92. The van der Waals surface area contributed by atoms with Gasteiger partial charge in [-0.25, -0.2) is 14.2 Å². The number of halogens is 2. The first-order valence-electron chi connectivity index (χ1n) is 7.60. The molecule has 4 rings (SSSR count). The van der Waals surface area contributed by atoms with Crippen LogP contribution >= 0.6 is 11.6 Å². The number of ether oxygens (including phenoxy) is 1. The van der Waals surface area contributed by atoms with Crippen molar-refractivity contribution in [3.63, 3.8) is 0 Å². The standard InChI is InChI=1S/C19H12ClFN2O2/c20-18-17-14(13-8-12(21)6-7-15(13)22-17)9-16(23-18)19(24)25-10-11-4-2-1-3-5-11/h1-9,22H,10H2. The van der Waals surface area contributed by atoms with Gasteiger partial charge in [0.1, 0.15) is 12.4 Å². The molecular weight excluding hydrogens is 343 g/mol. The van der Waals surface area contributed by atoms with Crippen molar-refractivity contribution in [2.75, 3.05) is 0 Å². The lowest BCUT2D eigenvalue weighted by atomic mass is 10.1. The van der Waals surface area contributed by atoms with Crippen molar-refractivity contribution in [3.8, 4) is 0 Å². The molecule has 0 unspecified atom stereocenters. The maximum absolute atomic E-state index is 13.6. The Balaban J connectivity index is 1.71. The van der Waals surface area contributed by atoms with Crippen molar-refractivity contribution in [1.29, 1.82) is 0 Å². The zero-order valence-corrected chi connectivity index (χ0v) is 13.7. The lowest BCUT2D eigenvalue weighted by molar-refractivity contribution is 0.0466. The van der Waals surface area contributed by atoms with E-state index in [-0.39, 0.29) is 23.3 Å². The van der Waals surface area contributed by atoms with Crippen LogP contribution in [0.5, 0.6) is 0 Å². The largest absolute Gasteiger partial charge is 0.456 e. The second kappa shape index (κ2) is 6.18. The summed E-state index contributed by atoms with van der Waals surface area (Å²) in [5.74, 6) is -0.951. The zero-order valence-electron chi connectivity index (χ0n) is 12.9. The van der Waals surface area contributed by atoms with Gasteiger partial charge < -0.3 is 9.72 Å². The molecule has 4 aromatic rings. The van der Waals surface area contributed by atoms with Gasteiger partial charge in [-0.2, -0.15) is 0 Å². The fraction of sp³-hybridized carbons (Fsp3) is 0.0526. The SMILES string of the molecule is O=C(OCc1ccccc1)c1cc2c([nH]c3ccc(F)cc32)c(Cl)n1. The second-order valence-electron chi connectivity index (χ2n) is 5.60. The van der Waals surface area contributed by atoms with Crippen LogP contribution in [0.3, 0.4) is 0 Å². The molecule has 6 heteroatoms. The van der Waals surface area contributed by atoms with E-state index >= 15 is 0 Å². The number of aromatic amines is 1. The van der Waals surface area contributed by atoms with Gasteiger partial charge in [-0.05, 0) is 29.8 Å². The number of pyridine rings is 1. The van der Waals surface area contributed by atoms with Gasteiger partial charge in [-0.1, -0.05) is 41.9 Å². The Labute approximate surface area is 147 Å². The monoisotopic (exact) mass is 354 g/mol. The summed E-state index contributed by atoms with van der Waals surface area (Å²) in [5.41, 5.74) is 2.23. The minimum absolute atomic E-state index is 0.0820. The summed E-state index contributed by atoms with van der Waals surface area (Å²) in [7, 11) is 0. The predicted octanol–water partition coefficient (Wildman–Crippen LogP) is 4.87. The van der Waals surface area contributed by atoms with Crippen LogP contribution in [0.25, 0.3) is 21.8 Å². The van der Waals surface area contributed by atoms with E-state index in [0.29, 0.717) is 16.3 Å². The Morgan fingerprint density at radius 3 is 2.72 bits per heavy atom. The Bertz CT molecular complexity index is 1090. The van der Waals surface area contributed by atoms with E-state index in [0.717, 1.165) is 11.1 Å². The third-order valence-corrected chi connectivity index (χ3v) is 4.20. The van der Waals surface area contributed by atoms with E-state index < -0.39 is 5.97 Å². The molecule has 0 radical (unpaired) electrons. The van der Waals surface area contributed by atoms with Crippen molar-refractivity contribution in [2.24, 2.45) is 0 Å². The molecule has 0 saturated heterocycles. The highest BCUT2D eigenvalue weighted by atomic mass is 35.5. The molecule has 2 aromatic heterocycles. The van der Waals surface area contributed by atoms with E-state index in [9.17, 15) is 9.18 Å². The van der Waals surface area contributed by atoms with Crippen LogP contribution < -0.4 is 0 Å². The molecule has 0 amide bonds. The molecule has 0 aliphatic heterocycles. The van der Waals surface area contributed by atoms with Crippen molar-refractivity contribution in [2.45, 2.75) is 6.61 Å². The normalized spacial score (nSPS) is 11.1. The average molecular weight is 355 g/mol. The first-order valence-corrected chi connectivity index (χ1v) is 7.98. The van der Waals surface area contributed by atoms with Crippen molar-refractivity contribution in [1.82, 2.24) is 9.97 Å². The third-order valence-electron chi connectivity index (χ3n) is 3.93. The number of nitrogens with zero attached hydrogens (tertiary/aromatic N) is 1. The second-order valence-corrected chi connectivity index (χ2v) is 5.96. The minimum atomic E-state index is -0.585. The van der Waals surface area contributed by atoms with Crippen molar-refractivity contribution < 1.29 is 13.9 Å². The number of carbonyl (C=O) groups is 1. The Morgan fingerprint density at radius 2 is 1.92 bits per heavy atom. The smallest absolute Gasteiger partial charge is 0.357 e. The van der Waals surface area contributed by atoms with Gasteiger partial charge in [0.05, 0.1) is 5.52 Å². The van der Waals surface area contributed by atoms with Crippen LogP contribution in [0.4, 0.5) is 4.39 Å². The molecule has 2 aromatic carbocycles. The molecule has 0 bridgehead atoms. The number of nitrogens with one attached hydrogen (secondary N) is 1. The summed E-state index contributed by atoms with van der Waals surface area (Å²) in [4.78, 5) is 19.5. The fourth-order valence-electron chi connectivity index (χ4n) is 2.73. The Kier molecular flexibility index (Phi) is 3.86. The fourth-order valence-corrected chi connectivity index (χ4v) is 2.97. The molecule has 0 aliphatic carbocycles. The lowest BCUT2D eigenvalue weighted by Crippen LogP contribution is -2.07. The van der Waals surface area contributed by atoms with Crippen LogP contribution in [-0.2, 0) is 11.3 Å². The maximum atomic E-state index is 13.6. The highest BCUT2D eigenvalue weighted by Crippen LogP contribution is 2.30. The number of hydrogen-bond donors (Lipinski definition) is 1. The molecule has 0 aliphatic rings. The summed E-state index contributed by atoms with van der Waals surface area (Å²) in [6.07, 6.45) is 0. The van der Waals surface area contributed by atoms with Crippen LogP contribution in [0.15, 0.2) is 54.6 Å². The average Bonchev–Trinajstić information content (AvgIpc) is 2.99. The molecule has 1 N–H and O–H groups in total. The summed E-state index contributed by atoms with van der Waals surface area (Å²) in [6, 6.07) is 15.3. The van der Waals surface area contributed by atoms with Crippen LogP contribution in [-0.4, -0.2) is 15.9 Å². The summed E-state index contributed by atoms with van der Waals surface area (Å²) in [5, 5.41) is 1.40. The Morgan fingerprint density at radius 1 is 1.12 bits per heavy atom. The number of aromatic nitrogens is 2. The predicted molar refractivity (Wildman–Crippen MR) is 94.1 cm³/mol. The van der Waals surface area contributed by atoms with E-state index in [2.05, 4.69) is 9.97 Å². The van der Waals surface area contributed by atoms with Gasteiger partial charge in [0.2, 0.25) is 0 Å². The number of benzene rings is 2. The van der Waals surface area contributed by atoms with Crippen LogP contribution in [0.2, 0.25) is 5.15 Å². The zero-order chi connectivity index (χ0) is 17.4. The first kappa shape index (κ1) is 15.6. The molecule has 0 spiro atoms. The molecular formula is C19H12ClFN2O2. The number of carbonyl (C=O) groups excluding carboxylic acids is 1. The molecule has 2 heterocycles. The lowest BCUT2D eigenvalue weighted by Gasteiger charge is -2.05. The van der Waals surface area contributed by atoms with Gasteiger partial charge in [0.15, 0.2) is 10.8 Å².